The molecule has 158 valence electrons. The van der Waals surface area contributed by atoms with Gasteiger partial charge in [0.15, 0.2) is 5.76 Å². The topological polar surface area (TPSA) is 97.0 Å². The molecular formula is C20H36O6S. The van der Waals surface area contributed by atoms with Gasteiger partial charge in [-0.2, -0.15) is 8.42 Å². The fourth-order valence-corrected chi connectivity index (χ4v) is 3.52. The number of hydrogen-bond donors (Lipinski definition) is 2. The largest absolute Gasteiger partial charge is 0.459 e. The Morgan fingerprint density at radius 3 is 1.96 bits per heavy atom. The number of aliphatic hydroxyl groups excluding tert-OH is 1. The first-order valence-electron chi connectivity index (χ1n) is 10.3. The van der Waals surface area contributed by atoms with Crippen molar-refractivity contribution in [2.45, 2.75) is 96.0 Å². The van der Waals surface area contributed by atoms with E-state index in [0.29, 0.717) is 6.61 Å². The second kappa shape index (κ2) is 14.2. The van der Waals surface area contributed by atoms with Crippen LogP contribution in [0.3, 0.4) is 0 Å². The fraction of sp³-hybridized carbons (Fsp3) is 0.800. The number of unbranched alkanes of at least 4 members (excludes halogenated alkanes) is 11. The fourth-order valence-electron chi connectivity index (χ4n) is 3.00. The van der Waals surface area contributed by atoms with E-state index >= 15 is 0 Å². The van der Waals surface area contributed by atoms with Gasteiger partial charge in [-0.05, 0) is 18.6 Å². The number of rotatable bonds is 17. The molecule has 1 aromatic rings. The van der Waals surface area contributed by atoms with Crippen molar-refractivity contribution in [3.8, 4) is 0 Å². The molecule has 0 aliphatic heterocycles. The zero-order chi connectivity index (χ0) is 20.0. The molecule has 0 aliphatic carbocycles. The van der Waals surface area contributed by atoms with Crippen molar-refractivity contribution in [2.75, 3.05) is 6.61 Å². The van der Waals surface area contributed by atoms with Crippen molar-refractivity contribution in [1.82, 2.24) is 0 Å². The zero-order valence-corrected chi connectivity index (χ0v) is 17.4. The Kier molecular flexibility index (Phi) is 12.7. The molecule has 0 bridgehead atoms. The molecule has 1 rings (SSSR count). The average Bonchev–Trinajstić information content (AvgIpc) is 3.05. The second-order valence-electron chi connectivity index (χ2n) is 7.14. The van der Waals surface area contributed by atoms with Crippen LogP contribution in [0.5, 0.6) is 0 Å². The zero-order valence-electron chi connectivity index (χ0n) is 16.6. The first kappa shape index (κ1) is 24.1. The quantitative estimate of drug-likeness (QED) is 0.206. The summed E-state index contributed by atoms with van der Waals surface area (Å²) in [7, 11) is -4.15. The highest BCUT2D eigenvalue weighted by Gasteiger charge is 2.16. The lowest BCUT2D eigenvalue weighted by atomic mass is 10.1. The van der Waals surface area contributed by atoms with E-state index < -0.39 is 22.2 Å². The normalized spacial score (nSPS) is 13.1. The Labute approximate surface area is 164 Å². The van der Waals surface area contributed by atoms with Gasteiger partial charge in [0.2, 0.25) is 6.29 Å². The molecule has 6 nitrogen and oxygen atoms in total. The molecule has 0 fully saturated rings. The van der Waals surface area contributed by atoms with E-state index in [1.807, 2.05) is 0 Å². The lowest BCUT2D eigenvalue weighted by Crippen LogP contribution is -2.04. The molecule has 1 aromatic heterocycles. The van der Waals surface area contributed by atoms with Gasteiger partial charge in [0, 0.05) is 0 Å². The van der Waals surface area contributed by atoms with Gasteiger partial charge in [-0.1, -0.05) is 77.6 Å². The van der Waals surface area contributed by atoms with Crippen molar-refractivity contribution in [3.05, 3.63) is 23.7 Å². The average molecular weight is 405 g/mol. The molecule has 1 heterocycles. The first-order chi connectivity index (χ1) is 12.9. The minimum Gasteiger partial charge on any atom is -0.459 e. The van der Waals surface area contributed by atoms with E-state index in [0.717, 1.165) is 12.8 Å². The van der Waals surface area contributed by atoms with Gasteiger partial charge < -0.3 is 14.3 Å². The van der Waals surface area contributed by atoms with E-state index in [2.05, 4.69) is 6.92 Å². The van der Waals surface area contributed by atoms with Crippen LogP contribution >= 0.6 is 0 Å². The van der Waals surface area contributed by atoms with Crippen LogP contribution in [0.1, 0.15) is 102 Å². The number of furan rings is 1. The summed E-state index contributed by atoms with van der Waals surface area (Å²) in [4.78, 5) is 0. The summed E-state index contributed by atoms with van der Waals surface area (Å²) in [6, 6.07) is 2.85. The Morgan fingerprint density at radius 1 is 0.926 bits per heavy atom. The molecular weight excluding hydrogens is 368 g/mol. The highest BCUT2D eigenvalue weighted by atomic mass is 32.2. The molecule has 2 N–H and O–H groups in total. The van der Waals surface area contributed by atoms with Gasteiger partial charge in [0.1, 0.15) is 11.5 Å². The maximum Gasteiger partial charge on any atom is 0.272 e. The van der Waals surface area contributed by atoms with Gasteiger partial charge >= 0.3 is 0 Å². The van der Waals surface area contributed by atoms with Crippen LogP contribution in [0.25, 0.3) is 0 Å². The van der Waals surface area contributed by atoms with E-state index in [1.54, 1.807) is 0 Å². The monoisotopic (exact) mass is 404 g/mol. The third-order valence-corrected chi connectivity index (χ3v) is 5.17. The number of ether oxygens (including phenoxy) is 1. The van der Waals surface area contributed by atoms with Crippen LogP contribution in [0, 0.1) is 0 Å². The molecule has 1 unspecified atom stereocenters. The van der Waals surface area contributed by atoms with Gasteiger partial charge in [-0.3, -0.25) is 4.55 Å². The lowest BCUT2D eigenvalue weighted by molar-refractivity contribution is -0.116. The maximum atomic E-state index is 10.8. The summed E-state index contributed by atoms with van der Waals surface area (Å²) in [6.07, 6.45) is 13.9. The van der Waals surface area contributed by atoms with E-state index in [4.69, 9.17) is 13.7 Å². The first-order valence-corrected chi connectivity index (χ1v) is 11.9. The molecule has 0 spiro atoms. The van der Waals surface area contributed by atoms with Gasteiger partial charge in [-0.25, -0.2) is 0 Å². The second-order valence-corrected chi connectivity index (χ2v) is 8.60. The SMILES string of the molecule is CCCCCCCCCCCCCCOC(O)c1ccc(CS(=O)(=O)O)o1. The standard InChI is InChI=1S/C20H36O6S/c1-2-3-4-5-6-7-8-9-10-11-12-13-16-25-20(21)19-15-14-18(26-19)17-27(22,23)24/h14-15,20-21H,2-13,16-17H2,1H3,(H,22,23,24). The van der Waals surface area contributed by atoms with Crippen molar-refractivity contribution in [1.29, 1.82) is 0 Å². The highest BCUT2D eigenvalue weighted by molar-refractivity contribution is 7.84. The van der Waals surface area contributed by atoms with Crippen molar-refractivity contribution >= 4 is 10.1 Å². The Bertz CT molecular complexity index is 581. The van der Waals surface area contributed by atoms with Gasteiger partial charge in [0.25, 0.3) is 10.1 Å². The lowest BCUT2D eigenvalue weighted by Gasteiger charge is -2.09. The minimum absolute atomic E-state index is 0.0699. The molecule has 0 saturated carbocycles. The van der Waals surface area contributed by atoms with Gasteiger partial charge in [-0.15, -0.1) is 0 Å². The number of hydrogen-bond acceptors (Lipinski definition) is 5. The molecule has 0 aromatic carbocycles. The third-order valence-electron chi connectivity index (χ3n) is 4.52. The molecule has 0 radical (unpaired) electrons. The van der Waals surface area contributed by atoms with Crippen LogP contribution in [0.15, 0.2) is 16.5 Å². The van der Waals surface area contributed by atoms with Gasteiger partial charge in [0.05, 0.1) is 6.61 Å². The maximum absolute atomic E-state index is 10.8. The summed E-state index contributed by atoms with van der Waals surface area (Å²) in [6.45, 7) is 2.67. The summed E-state index contributed by atoms with van der Waals surface area (Å²) in [5, 5.41) is 9.88. The molecule has 0 amide bonds. The highest BCUT2D eigenvalue weighted by Crippen LogP contribution is 2.20. The number of aliphatic hydroxyl groups is 1. The van der Waals surface area contributed by atoms with Crippen molar-refractivity contribution in [3.63, 3.8) is 0 Å². The van der Waals surface area contributed by atoms with Crippen LogP contribution in [0.2, 0.25) is 0 Å². The molecule has 27 heavy (non-hydrogen) atoms. The van der Waals surface area contributed by atoms with Crippen molar-refractivity contribution < 1.29 is 27.2 Å². The molecule has 1 atom stereocenters. The Morgan fingerprint density at radius 2 is 1.44 bits per heavy atom. The molecule has 0 aliphatic rings. The smallest absolute Gasteiger partial charge is 0.272 e. The van der Waals surface area contributed by atoms with Crippen LogP contribution in [-0.2, 0) is 20.6 Å². The molecule has 0 saturated heterocycles. The summed E-state index contributed by atoms with van der Waals surface area (Å²) in [5.41, 5.74) is 0. The van der Waals surface area contributed by atoms with Crippen LogP contribution < -0.4 is 0 Å². The Hall–Kier alpha value is -0.890. The van der Waals surface area contributed by atoms with Crippen LogP contribution in [-0.4, -0.2) is 24.7 Å². The van der Waals surface area contributed by atoms with Crippen LogP contribution in [0.4, 0.5) is 0 Å². The predicted octanol–water partition coefficient (Wildman–Crippen LogP) is 5.38. The summed E-state index contributed by atoms with van der Waals surface area (Å²) in [5.74, 6) is -0.397. The van der Waals surface area contributed by atoms with E-state index in [1.165, 1.54) is 76.3 Å². The molecule has 7 heteroatoms. The minimum atomic E-state index is -4.15. The summed E-state index contributed by atoms with van der Waals surface area (Å²) >= 11 is 0. The van der Waals surface area contributed by atoms with Crippen molar-refractivity contribution in [2.24, 2.45) is 0 Å². The van der Waals surface area contributed by atoms with E-state index in [-0.39, 0.29) is 11.5 Å². The predicted molar refractivity (Wildman–Crippen MR) is 106 cm³/mol. The van der Waals surface area contributed by atoms with E-state index in [9.17, 15) is 13.5 Å². The third kappa shape index (κ3) is 13.0. The summed E-state index contributed by atoms with van der Waals surface area (Å²) < 4.78 is 40.8. The Balaban J connectivity index is 1.97.